The van der Waals surface area contributed by atoms with Gasteiger partial charge in [0.25, 0.3) is 0 Å². The van der Waals surface area contributed by atoms with Gasteiger partial charge in [-0.15, -0.1) is 0 Å². The van der Waals surface area contributed by atoms with Crippen molar-refractivity contribution >= 4 is 5.97 Å². The number of hydrogen-bond donors (Lipinski definition) is 2. The van der Waals surface area contributed by atoms with Gasteiger partial charge in [0.05, 0.1) is 7.11 Å². The highest BCUT2D eigenvalue weighted by atomic mass is 16.5. The Morgan fingerprint density at radius 3 is 2.41 bits per heavy atom. The highest BCUT2D eigenvalue weighted by Crippen LogP contribution is 2.66. The van der Waals surface area contributed by atoms with Gasteiger partial charge in [-0.05, 0) is 30.0 Å². The first-order valence-corrected chi connectivity index (χ1v) is 5.46. The van der Waals surface area contributed by atoms with E-state index in [0.29, 0.717) is 17.7 Å². The van der Waals surface area contributed by atoms with Crippen LogP contribution in [-0.4, -0.2) is 23.3 Å². The minimum absolute atomic E-state index is 0.0128. The molecule has 1 aromatic carbocycles. The molecule has 0 bridgehead atoms. The van der Waals surface area contributed by atoms with E-state index in [1.165, 1.54) is 13.2 Å². The number of carboxylic acids is 1. The molecule has 0 heterocycles. The molecule has 0 aromatic heterocycles. The molecule has 4 heteroatoms. The molecule has 0 saturated heterocycles. The predicted molar refractivity (Wildman–Crippen MR) is 62.4 cm³/mol. The number of phenolic OH excluding ortho intramolecular Hbond substituents is 1. The fraction of sp³-hybridized carbons (Fsp3) is 0.462. The normalized spacial score (nSPS) is 25.4. The van der Waals surface area contributed by atoms with Crippen molar-refractivity contribution in [2.75, 3.05) is 7.11 Å². The van der Waals surface area contributed by atoms with E-state index in [9.17, 15) is 15.0 Å². The summed E-state index contributed by atoms with van der Waals surface area (Å²) in [6, 6.07) is 4.70. The maximum absolute atomic E-state index is 11.5. The molecule has 1 unspecified atom stereocenters. The molecule has 1 saturated carbocycles. The summed E-state index contributed by atoms with van der Waals surface area (Å²) in [4.78, 5) is 11.5. The van der Waals surface area contributed by atoms with Crippen LogP contribution in [0.25, 0.3) is 0 Å². The van der Waals surface area contributed by atoms with Gasteiger partial charge in [0.15, 0.2) is 0 Å². The van der Waals surface area contributed by atoms with Crippen LogP contribution in [0.3, 0.4) is 0 Å². The van der Waals surface area contributed by atoms with Crippen LogP contribution in [-0.2, 0) is 10.2 Å². The molecular formula is C13H16O4. The molecular weight excluding hydrogens is 220 g/mol. The third-order valence-electron chi connectivity index (χ3n) is 3.77. The number of hydrogen-bond acceptors (Lipinski definition) is 3. The lowest BCUT2D eigenvalue weighted by Gasteiger charge is -2.18. The quantitative estimate of drug-likeness (QED) is 0.843. The highest BCUT2D eigenvalue weighted by Gasteiger charge is 2.68. The van der Waals surface area contributed by atoms with Crippen molar-refractivity contribution in [3.8, 4) is 11.5 Å². The second-order valence-electron chi connectivity index (χ2n) is 5.15. The summed E-state index contributed by atoms with van der Waals surface area (Å²) in [6.07, 6.45) is 0.524. The lowest BCUT2D eigenvalue weighted by Crippen LogP contribution is -2.25. The van der Waals surface area contributed by atoms with Gasteiger partial charge in [0.2, 0.25) is 0 Å². The second kappa shape index (κ2) is 3.39. The molecule has 0 spiro atoms. The van der Waals surface area contributed by atoms with Crippen molar-refractivity contribution < 1.29 is 19.7 Å². The van der Waals surface area contributed by atoms with E-state index in [0.717, 1.165) is 0 Å². The number of methoxy groups -OCH3 is 1. The van der Waals surface area contributed by atoms with Crippen LogP contribution in [0.2, 0.25) is 0 Å². The first-order chi connectivity index (χ1) is 7.85. The SMILES string of the molecule is COc1ccc(O)c(C2(C(=O)O)CC2(C)C)c1. The summed E-state index contributed by atoms with van der Waals surface area (Å²) in [5.41, 5.74) is -0.900. The van der Waals surface area contributed by atoms with Crippen molar-refractivity contribution in [2.45, 2.75) is 25.7 Å². The average molecular weight is 236 g/mol. The molecule has 1 fully saturated rings. The van der Waals surface area contributed by atoms with Gasteiger partial charge in [-0.2, -0.15) is 0 Å². The van der Waals surface area contributed by atoms with Gasteiger partial charge in [0.1, 0.15) is 16.9 Å². The summed E-state index contributed by atoms with van der Waals surface area (Å²) >= 11 is 0. The molecule has 0 radical (unpaired) electrons. The van der Waals surface area contributed by atoms with E-state index in [1.54, 1.807) is 12.1 Å². The van der Waals surface area contributed by atoms with Crippen LogP contribution in [0.15, 0.2) is 18.2 Å². The molecule has 2 N–H and O–H groups in total. The predicted octanol–water partition coefficient (Wildman–Crippen LogP) is 2.15. The van der Waals surface area contributed by atoms with Crippen LogP contribution < -0.4 is 4.74 Å². The highest BCUT2D eigenvalue weighted by molar-refractivity contribution is 5.88. The molecule has 2 rings (SSSR count). The van der Waals surface area contributed by atoms with Gasteiger partial charge >= 0.3 is 5.97 Å². The zero-order chi connectivity index (χ0) is 12.8. The summed E-state index contributed by atoms with van der Waals surface area (Å²) in [5.74, 6) is -0.328. The van der Waals surface area contributed by atoms with Crippen LogP contribution >= 0.6 is 0 Å². The van der Waals surface area contributed by atoms with E-state index in [2.05, 4.69) is 0 Å². The average Bonchev–Trinajstić information content (AvgIpc) is 2.84. The van der Waals surface area contributed by atoms with Crippen molar-refractivity contribution in [3.63, 3.8) is 0 Å². The Morgan fingerprint density at radius 1 is 1.41 bits per heavy atom. The first kappa shape index (κ1) is 11.8. The number of rotatable bonds is 3. The molecule has 92 valence electrons. The van der Waals surface area contributed by atoms with E-state index >= 15 is 0 Å². The number of carbonyl (C=O) groups is 1. The largest absolute Gasteiger partial charge is 0.508 e. The lowest BCUT2D eigenvalue weighted by atomic mass is 9.87. The number of aliphatic carboxylic acids is 1. The Balaban J connectivity index is 2.57. The minimum Gasteiger partial charge on any atom is -0.508 e. The Morgan fingerprint density at radius 2 is 2.00 bits per heavy atom. The van der Waals surface area contributed by atoms with Crippen molar-refractivity contribution in [1.82, 2.24) is 0 Å². The third-order valence-corrected chi connectivity index (χ3v) is 3.77. The Labute approximate surface area is 99.8 Å². The summed E-state index contributed by atoms with van der Waals surface area (Å²) < 4.78 is 5.08. The number of carboxylic acid groups (broad SMARTS) is 1. The molecule has 0 amide bonds. The van der Waals surface area contributed by atoms with E-state index < -0.39 is 11.4 Å². The molecule has 1 atom stereocenters. The van der Waals surface area contributed by atoms with Crippen LogP contribution in [0, 0.1) is 5.41 Å². The van der Waals surface area contributed by atoms with Gasteiger partial charge in [-0.3, -0.25) is 4.79 Å². The van der Waals surface area contributed by atoms with Gasteiger partial charge in [-0.1, -0.05) is 13.8 Å². The third kappa shape index (κ3) is 1.47. The summed E-state index contributed by atoms with van der Waals surface area (Å²) in [7, 11) is 1.52. The summed E-state index contributed by atoms with van der Waals surface area (Å²) in [5, 5.41) is 19.3. The van der Waals surface area contributed by atoms with Crippen molar-refractivity contribution in [3.05, 3.63) is 23.8 Å². The molecule has 17 heavy (non-hydrogen) atoms. The van der Waals surface area contributed by atoms with Gasteiger partial charge in [-0.25, -0.2) is 0 Å². The smallest absolute Gasteiger partial charge is 0.314 e. The number of phenols is 1. The van der Waals surface area contributed by atoms with E-state index in [1.807, 2.05) is 13.8 Å². The number of ether oxygens (including phenoxy) is 1. The van der Waals surface area contributed by atoms with E-state index in [-0.39, 0.29) is 11.2 Å². The van der Waals surface area contributed by atoms with Crippen molar-refractivity contribution in [2.24, 2.45) is 5.41 Å². The number of benzene rings is 1. The maximum atomic E-state index is 11.5. The monoisotopic (exact) mass is 236 g/mol. The Bertz CT molecular complexity index is 478. The topological polar surface area (TPSA) is 66.8 Å². The molecule has 1 aromatic rings. The Kier molecular flexibility index (Phi) is 2.35. The number of aromatic hydroxyl groups is 1. The molecule has 0 aliphatic heterocycles. The lowest BCUT2D eigenvalue weighted by molar-refractivity contribution is -0.141. The van der Waals surface area contributed by atoms with Crippen LogP contribution in [0.4, 0.5) is 0 Å². The first-order valence-electron chi connectivity index (χ1n) is 5.46. The van der Waals surface area contributed by atoms with E-state index in [4.69, 9.17) is 4.74 Å². The second-order valence-corrected chi connectivity index (χ2v) is 5.15. The van der Waals surface area contributed by atoms with Crippen LogP contribution in [0.1, 0.15) is 25.8 Å². The zero-order valence-corrected chi connectivity index (χ0v) is 10.2. The van der Waals surface area contributed by atoms with Crippen molar-refractivity contribution in [1.29, 1.82) is 0 Å². The fourth-order valence-electron chi connectivity index (χ4n) is 2.54. The van der Waals surface area contributed by atoms with Gasteiger partial charge in [0, 0.05) is 5.56 Å². The standard InChI is InChI=1S/C13H16O4/c1-12(2)7-13(12,11(15)16)9-6-8(17-3)4-5-10(9)14/h4-6,14H,7H2,1-3H3,(H,15,16). The summed E-state index contributed by atoms with van der Waals surface area (Å²) in [6.45, 7) is 3.78. The molecule has 4 nitrogen and oxygen atoms in total. The fourth-order valence-corrected chi connectivity index (χ4v) is 2.54. The minimum atomic E-state index is -0.994. The molecule has 1 aliphatic rings. The van der Waals surface area contributed by atoms with Gasteiger partial charge < -0.3 is 14.9 Å². The van der Waals surface area contributed by atoms with Crippen LogP contribution in [0.5, 0.6) is 11.5 Å². The maximum Gasteiger partial charge on any atom is 0.314 e. The zero-order valence-electron chi connectivity index (χ0n) is 10.2. The molecule has 1 aliphatic carbocycles. The Hall–Kier alpha value is -1.71.